The molecular formula is C10H13N5OS2. The van der Waals surface area contributed by atoms with Crippen molar-refractivity contribution < 1.29 is 4.42 Å². The number of thioether (sulfide) groups is 1. The van der Waals surface area contributed by atoms with E-state index in [9.17, 15) is 0 Å². The van der Waals surface area contributed by atoms with Crippen LogP contribution in [0.3, 0.4) is 0 Å². The molecular weight excluding hydrogens is 270 g/mol. The van der Waals surface area contributed by atoms with Crippen molar-refractivity contribution in [2.45, 2.75) is 29.3 Å². The Bertz CT molecular complexity index is 515. The molecule has 0 aliphatic heterocycles. The molecule has 0 atom stereocenters. The minimum absolute atomic E-state index is 0.567. The number of oxazole rings is 1. The van der Waals surface area contributed by atoms with Gasteiger partial charge in [-0.25, -0.2) is 20.8 Å². The van der Waals surface area contributed by atoms with Crippen LogP contribution in [0.5, 0.6) is 0 Å². The first-order chi connectivity index (χ1) is 8.62. The molecule has 0 spiro atoms. The molecule has 2 rings (SSSR count). The highest BCUT2D eigenvalue weighted by molar-refractivity contribution is 7.99. The van der Waals surface area contributed by atoms with Crippen LogP contribution in [-0.4, -0.2) is 21.2 Å². The topological polar surface area (TPSA) is 89.9 Å². The minimum Gasteiger partial charge on any atom is -0.436 e. The van der Waals surface area contributed by atoms with Gasteiger partial charge >= 0.3 is 0 Å². The van der Waals surface area contributed by atoms with Crippen LogP contribution in [0.2, 0.25) is 0 Å². The fourth-order valence-corrected chi connectivity index (χ4v) is 2.47. The van der Waals surface area contributed by atoms with E-state index in [0.717, 1.165) is 16.5 Å². The lowest BCUT2D eigenvalue weighted by Crippen LogP contribution is -2.09. The number of nitrogens with zero attached hydrogens (tertiary/aromatic N) is 3. The largest absolute Gasteiger partial charge is 0.436 e. The summed E-state index contributed by atoms with van der Waals surface area (Å²) >= 11 is 2.79. The number of hydrogen-bond acceptors (Lipinski definition) is 8. The molecule has 0 aliphatic carbocycles. The maximum atomic E-state index is 5.50. The van der Waals surface area contributed by atoms with Crippen molar-refractivity contribution in [3.05, 3.63) is 17.5 Å². The van der Waals surface area contributed by atoms with Crippen LogP contribution in [0.1, 0.15) is 11.5 Å². The monoisotopic (exact) mass is 283 g/mol. The van der Waals surface area contributed by atoms with Gasteiger partial charge in [-0.05, 0) is 31.9 Å². The SMILES string of the molecule is CSc1nc(NN)cc(Sc2nc(C)c(C)o2)n1. The molecule has 0 radical (unpaired) electrons. The Morgan fingerprint density at radius 1 is 1.28 bits per heavy atom. The summed E-state index contributed by atoms with van der Waals surface area (Å²) in [6, 6.07) is 1.75. The van der Waals surface area contributed by atoms with Crippen molar-refractivity contribution in [1.82, 2.24) is 15.0 Å². The third-order valence-corrected chi connectivity index (χ3v) is 3.53. The molecule has 3 N–H and O–H groups in total. The van der Waals surface area contributed by atoms with Crippen molar-refractivity contribution in [1.29, 1.82) is 0 Å². The van der Waals surface area contributed by atoms with Crippen molar-refractivity contribution >= 4 is 29.3 Å². The molecule has 0 aromatic carbocycles. The number of aromatic nitrogens is 3. The predicted octanol–water partition coefficient (Wildman–Crippen LogP) is 2.24. The molecule has 0 amide bonds. The Balaban J connectivity index is 2.27. The molecule has 18 heavy (non-hydrogen) atoms. The van der Waals surface area contributed by atoms with E-state index < -0.39 is 0 Å². The van der Waals surface area contributed by atoms with Gasteiger partial charge in [0.05, 0.1) is 5.69 Å². The first-order valence-electron chi connectivity index (χ1n) is 5.14. The Hall–Kier alpha value is -1.25. The van der Waals surface area contributed by atoms with Gasteiger partial charge in [0.15, 0.2) is 5.16 Å². The van der Waals surface area contributed by atoms with E-state index in [-0.39, 0.29) is 0 Å². The van der Waals surface area contributed by atoms with E-state index >= 15 is 0 Å². The quantitative estimate of drug-likeness (QED) is 0.290. The van der Waals surface area contributed by atoms with Crippen molar-refractivity contribution in [3.63, 3.8) is 0 Å². The summed E-state index contributed by atoms with van der Waals surface area (Å²) in [5, 5.41) is 1.95. The second-order valence-corrected chi connectivity index (χ2v) is 5.19. The normalized spacial score (nSPS) is 10.7. The van der Waals surface area contributed by atoms with Gasteiger partial charge in [0.25, 0.3) is 5.22 Å². The summed E-state index contributed by atoms with van der Waals surface area (Å²) in [6.07, 6.45) is 1.91. The Kier molecular flexibility index (Phi) is 4.10. The minimum atomic E-state index is 0.567. The summed E-state index contributed by atoms with van der Waals surface area (Å²) < 4.78 is 5.50. The number of nitrogen functional groups attached to an aromatic ring is 1. The fourth-order valence-electron chi connectivity index (χ4n) is 1.20. The van der Waals surface area contributed by atoms with Crippen molar-refractivity contribution in [3.8, 4) is 0 Å². The number of hydrazine groups is 1. The summed E-state index contributed by atoms with van der Waals surface area (Å²) in [7, 11) is 0. The third kappa shape index (κ3) is 2.95. The molecule has 0 unspecified atom stereocenters. The number of rotatable bonds is 4. The van der Waals surface area contributed by atoms with E-state index in [1.165, 1.54) is 23.5 Å². The first kappa shape index (κ1) is 13.2. The molecule has 0 fully saturated rings. The van der Waals surface area contributed by atoms with Gasteiger partial charge in [0, 0.05) is 6.07 Å². The van der Waals surface area contributed by atoms with Gasteiger partial charge in [0.1, 0.15) is 16.6 Å². The molecule has 8 heteroatoms. The van der Waals surface area contributed by atoms with Gasteiger partial charge in [-0.15, -0.1) is 0 Å². The summed E-state index contributed by atoms with van der Waals surface area (Å²) in [4.78, 5) is 12.8. The van der Waals surface area contributed by atoms with Crippen LogP contribution in [0.4, 0.5) is 5.82 Å². The molecule has 2 aromatic rings. The first-order valence-corrected chi connectivity index (χ1v) is 7.18. The highest BCUT2D eigenvalue weighted by atomic mass is 32.2. The molecule has 0 saturated heterocycles. The predicted molar refractivity (Wildman–Crippen MR) is 71.7 cm³/mol. The average molecular weight is 283 g/mol. The summed E-state index contributed by atoms with van der Waals surface area (Å²) in [6.45, 7) is 3.79. The van der Waals surface area contributed by atoms with Crippen molar-refractivity contribution in [2.75, 3.05) is 11.7 Å². The van der Waals surface area contributed by atoms with Crippen LogP contribution in [-0.2, 0) is 0 Å². The van der Waals surface area contributed by atoms with Gasteiger partial charge in [-0.3, -0.25) is 0 Å². The van der Waals surface area contributed by atoms with E-state index in [1.54, 1.807) is 6.07 Å². The lowest BCUT2D eigenvalue weighted by molar-refractivity contribution is 0.431. The van der Waals surface area contributed by atoms with Gasteiger partial charge < -0.3 is 9.84 Å². The number of anilines is 1. The van der Waals surface area contributed by atoms with E-state index in [0.29, 0.717) is 16.2 Å². The summed E-state index contributed by atoms with van der Waals surface area (Å²) in [5.41, 5.74) is 3.40. The Morgan fingerprint density at radius 3 is 2.61 bits per heavy atom. The lowest BCUT2D eigenvalue weighted by Gasteiger charge is -2.03. The standard InChI is InChI=1S/C10H13N5OS2/c1-5-6(2)16-10(12-5)18-8-4-7(15-11)13-9(14-8)17-3/h4H,11H2,1-3H3,(H,13,14,15). The third-order valence-electron chi connectivity index (χ3n) is 2.21. The van der Waals surface area contributed by atoms with Crippen LogP contribution in [0.25, 0.3) is 0 Å². The van der Waals surface area contributed by atoms with Gasteiger partial charge in [0.2, 0.25) is 0 Å². The van der Waals surface area contributed by atoms with Crippen LogP contribution < -0.4 is 11.3 Å². The zero-order chi connectivity index (χ0) is 13.1. The zero-order valence-electron chi connectivity index (χ0n) is 10.2. The van der Waals surface area contributed by atoms with E-state index in [4.69, 9.17) is 10.3 Å². The maximum absolute atomic E-state index is 5.50. The highest BCUT2D eigenvalue weighted by Gasteiger charge is 2.10. The molecule has 0 aliphatic rings. The van der Waals surface area contributed by atoms with E-state index in [2.05, 4.69) is 20.4 Å². The van der Waals surface area contributed by atoms with Crippen molar-refractivity contribution in [2.24, 2.45) is 5.84 Å². The molecule has 2 aromatic heterocycles. The highest BCUT2D eigenvalue weighted by Crippen LogP contribution is 2.29. The van der Waals surface area contributed by atoms with Gasteiger partial charge in [-0.2, -0.15) is 0 Å². The van der Waals surface area contributed by atoms with Crippen LogP contribution >= 0.6 is 23.5 Å². The van der Waals surface area contributed by atoms with Gasteiger partial charge in [-0.1, -0.05) is 11.8 Å². The summed E-state index contributed by atoms with van der Waals surface area (Å²) in [5.74, 6) is 6.75. The molecule has 0 bridgehead atoms. The van der Waals surface area contributed by atoms with Crippen LogP contribution in [0.15, 0.2) is 25.9 Å². The van der Waals surface area contributed by atoms with E-state index in [1.807, 2.05) is 20.1 Å². The Morgan fingerprint density at radius 2 is 2.06 bits per heavy atom. The lowest BCUT2D eigenvalue weighted by atomic mass is 10.4. The molecule has 6 nitrogen and oxygen atoms in total. The molecule has 2 heterocycles. The second kappa shape index (κ2) is 5.59. The number of aryl methyl sites for hydroxylation is 2. The Labute approximate surface area is 113 Å². The number of nitrogens with one attached hydrogen (secondary N) is 1. The number of nitrogens with two attached hydrogens (primary N) is 1. The smallest absolute Gasteiger partial charge is 0.262 e. The second-order valence-electron chi connectivity index (χ2n) is 3.45. The molecule has 0 saturated carbocycles. The average Bonchev–Trinajstić information content (AvgIpc) is 2.67. The number of hydrogen-bond donors (Lipinski definition) is 2. The molecule has 96 valence electrons. The fraction of sp³-hybridized carbons (Fsp3) is 0.300. The van der Waals surface area contributed by atoms with Crippen LogP contribution in [0, 0.1) is 13.8 Å². The maximum Gasteiger partial charge on any atom is 0.262 e. The zero-order valence-corrected chi connectivity index (χ0v) is 11.9.